The standard InChI is InChI=1S/C15H30N2/c1-15(2,11-5-3-7-13(16)9-11)12-6-4-8-14(17)10-12/h11-14H,3-10,16-17H2,1-2H3. The van der Waals surface area contributed by atoms with Gasteiger partial charge in [0.05, 0.1) is 0 Å². The smallest absolute Gasteiger partial charge is 0.00416 e. The van der Waals surface area contributed by atoms with Crippen LogP contribution in [-0.2, 0) is 0 Å². The zero-order chi connectivity index (χ0) is 12.5. The van der Waals surface area contributed by atoms with Crippen molar-refractivity contribution in [3.63, 3.8) is 0 Å². The van der Waals surface area contributed by atoms with Crippen LogP contribution in [0.2, 0.25) is 0 Å². The quantitative estimate of drug-likeness (QED) is 0.777. The van der Waals surface area contributed by atoms with Gasteiger partial charge in [-0.05, 0) is 55.8 Å². The van der Waals surface area contributed by atoms with E-state index >= 15 is 0 Å². The van der Waals surface area contributed by atoms with Gasteiger partial charge in [-0.15, -0.1) is 0 Å². The number of hydrogen-bond acceptors (Lipinski definition) is 2. The molecule has 0 radical (unpaired) electrons. The Morgan fingerprint density at radius 3 is 1.53 bits per heavy atom. The predicted molar refractivity (Wildman–Crippen MR) is 73.6 cm³/mol. The highest BCUT2D eigenvalue weighted by Crippen LogP contribution is 2.47. The average Bonchev–Trinajstić information content (AvgIpc) is 2.29. The molecule has 2 heteroatoms. The van der Waals surface area contributed by atoms with Crippen molar-refractivity contribution in [2.45, 2.75) is 77.3 Å². The summed E-state index contributed by atoms with van der Waals surface area (Å²) in [7, 11) is 0. The van der Waals surface area contributed by atoms with Crippen molar-refractivity contribution in [2.24, 2.45) is 28.7 Å². The lowest BCUT2D eigenvalue weighted by atomic mass is 9.60. The summed E-state index contributed by atoms with van der Waals surface area (Å²) >= 11 is 0. The summed E-state index contributed by atoms with van der Waals surface area (Å²) in [5, 5.41) is 0. The summed E-state index contributed by atoms with van der Waals surface area (Å²) in [4.78, 5) is 0. The lowest BCUT2D eigenvalue weighted by Gasteiger charge is -2.46. The molecular weight excluding hydrogens is 208 g/mol. The first-order valence-corrected chi connectivity index (χ1v) is 7.51. The molecule has 17 heavy (non-hydrogen) atoms. The van der Waals surface area contributed by atoms with E-state index in [1.807, 2.05) is 0 Å². The Bertz CT molecular complexity index is 225. The van der Waals surface area contributed by atoms with Crippen molar-refractivity contribution in [3.05, 3.63) is 0 Å². The van der Waals surface area contributed by atoms with Gasteiger partial charge in [0.25, 0.3) is 0 Å². The maximum absolute atomic E-state index is 6.15. The van der Waals surface area contributed by atoms with Gasteiger partial charge in [0.1, 0.15) is 0 Å². The van der Waals surface area contributed by atoms with E-state index in [1.54, 1.807) is 0 Å². The van der Waals surface area contributed by atoms with Crippen LogP contribution in [0.3, 0.4) is 0 Å². The maximum Gasteiger partial charge on any atom is 0.00416 e. The molecule has 0 aromatic heterocycles. The van der Waals surface area contributed by atoms with Gasteiger partial charge >= 0.3 is 0 Å². The molecule has 0 spiro atoms. The molecule has 0 saturated heterocycles. The Labute approximate surface area is 107 Å². The van der Waals surface area contributed by atoms with Crippen LogP contribution in [0.25, 0.3) is 0 Å². The van der Waals surface area contributed by atoms with E-state index in [9.17, 15) is 0 Å². The van der Waals surface area contributed by atoms with Crippen LogP contribution < -0.4 is 11.5 Å². The molecule has 2 rings (SSSR count). The molecule has 0 bridgehead atoms. The minimum absolute atomic E-state index is 0.441. The molecule has 2 fully saturated rings. The fourth-order valence-corrected chi connectivity index (χ4v) is 4.14. The summed E-state index contributed by atoms with van der Waals surface area (Å²) in [6.07, 6.45) is 10.4. The highest BCUT2D eigenvalue weighted by Gasteiger charge is 2.40. The summed E-state index contributed by atoms with van der Waals surface area (Å²) < 4.78 is 0. The van der Waals surface area contributed by atoms with Gasteiger partial charge in [-0.1, -0.05) is 26.7 Å². The normalized spacial score (nSPS) is 40.2. The zero-order valence-electron chi connectivity index (χ0n) is 11.6. The van der Waals surface area contributed by atoms with E-state index in [-0.39, 0.29) is 0 Å². The maximum atomic E-state index is 6.15. The Morgan fingerprint density at radius 2 is 1.18 bits per heavy atom. The van der Waals surface area contributed by atoms with Crippen molar-refractivity contribution < 1.29 is 0 Å². The highest BCUT2D eigenvalue weighted by molar-refractivity contribution is 4.92. The Morgan fingerprint density at radius 1 is 0.765 bits per heavy atom. The molecule has 2 nitrogen and oxygen atoms in total. The molecule has 0 heterocycles. The monoisotopic (exact) mass is 238 g/mol. The van der Waals surface area contributed by atoms with Gasteiger partial charge in [-0.3, -0.25) is 0 Å². The third-order valence-corrected chi connectivity index (χ3v) is 5.53. The molecule has 0 amide bonds. The minimum atomic E-state index is 0.441. The molecule has 0 aliphatic heterocycles. The summed E-state index contributed by atoms with van der Waals surface area (Å²) in [5.41, 5.74) is 12.7. The molecule has 4 unspecified atom stereocenters. The third kappa shape index (κ3) is 3.03. The number of hydrogen-bond donors (Lipinski definition) is 2. The molecule has 4 N–H and O–H groups in total. The number of nitrogens with two attached hydrogens (primary N) is 2. The van der Waals surface area contributed by atoms with Crippen molar-refractivity contribution in [1.82, 2.24) is 0 Å². The first-order chi connectivity index (χ1) is 8.00. The van der Waals surface area contributed by atoms with Crippen molar-refractivity contribution in [2.75, 3.05) is 0 Å². The molecular formula is C15H30N2. The van der Waals surface area contributed by atoms with Gasteiger partial charge in [-0.2, -0.15) is 0 Å². The van der Waals surface area contributed by atoms with Gasteiger partial charge in [-0.25, -0.2) is 0 Å². The number of rotatable bonds is 2. The van der Waals surface area contributed by atoms with E-state index in [2.05, 4.69) is 13.8 Å². The first-order valence-electron chi connectivity index (χ1n) is 7.51. The fourth-order valence-electron chi connectivity index (χ4n) is 4.14. The first kappa shape index (κ1) is 13.4. The second-order valence-corrected chi connectivity index (χ2v) is 7.07. The van der Waals surface area contributed by atoms with E-state index in [0.29, 0.717) is 17.5 Å². The summed E-state index contributed by atoms with van der Waals surface area (Å²) in [6.45, 7) is 4.94. The lowest BCUT2D eigenvalue weighted by molar-refractivity contribution is 0.0491. The minimum Gasteiger partial charge on any atom is -0.328 e. The summed E-state index contributed by atoms with van der Waals surface area (Å²) in [5.74, 6) is 1.64. The van der Waals surface area contributed by atoms with Crippen molar-refractivity contribution >= 4 is 0 Å². The molecule has 0 aromatic carbocycles. The van der Waals surface area contributed by atoms with E-state index < -0.39 is 0 Å². The van der Waals surface area contributed by atoms with Crippen LogP contribution in [0.4, 0.5) is 0 Å². The van der Waals surface area contributed by atoms with Crippen LogP contribution in [0.1, 0.15) is 65.2 Å². The summed E-state index contributed by atoms with van der Waals surface area (Å²) in [6, 6.07) is 0.899. The Kier molecular flexibility index (Phi) is 4.14. The van der Waals surface area contributed by atoms with E-state index in [1.165, 1.54) is 51.4 Å². The van der Waals surface area contributed by atoms with Crippen LogP contribution in [0, 0.1) is 17.3 Å². The van der Waals surface area contributed by atoms with Gasteiger partial charge in [0.2, 0.25) is 0 Å². The van der Waals surface area contributed by atoms with Gasteiger partial charge in [0, 0.05) is 12.1 Å². The second kappa shape index (κ2) is 5.27. The van der Waals surface area contributed by atoms with Crippen LogP contribution in [0.5, 0.6) is 0 Å². The Balaban J connectivity index is 2.00. The van der Waals surface area contributed by atoms with Crippen molar-refractivity contribution in [3.8, 4) is 0 Å². The third-order valence-electron chi connectivity index (χ3n) is 5.53. The second-order valence-electron chi connectivity index (χ2n) is 7.07. The fraction of sp³-hybridized carbons (Fsp3) is 1.00. The molecule has 4 atom stereocenters. The lowest BCUT2D eigenvalue weighted by Crippen LogP contribution is -2.42. The van der Waals surface area contributed by atoms with Crippen LogP contribution >= 0.6 is 0 Å². The SMILES string of the molecule is CC(C)(C1CCCC(N)C1)C1CCCC(N)C1. The molecule has 2 saturated carbocycles. The Hall–Kier alpha value is -0.0800. The highest BCUT2D eigenvalue weighted by atomic mass is 14.7. The topological polar surface area (TPSA) is 52.0 Å². The molecule has 100 valence electrons. The van der Waals surface area contributed by atoms with Gasteiger partial charge in [0.15, 0.2) is 0 Å². The molecule has 2 aliphatic carbocycles. The van der Waals surface area contributed by atoms with Crippen LogP contribution in [0.15, 0.2) is 0 Å². The van der Waals surface area contributed by atoms with Crippen molar-refractivity contribution in [1.29, 1.82) is 0 Å². The predicted octanol–water partition coefficient (Wildman–Crippen LogP) is 3.05. The zero-order valence-corrected chi connectivity index (χ0v) is 11.6. The molecule has 2 aliphatic rings. The van der Waals surface area contributed by atoms with Crippen LogP contribution in [-0.4, -0.2) is 12.1 Å². The largest absolute Gasteiger partial charge is 0.328 e. The molecule has 0 aromatic rings. The van der Waals surface area contributed by atoms with E-state index in [0.717, 1.165) is 11.8 Å². The average molecular weight is 238 g/mol. The van der Waals surface area contributed by atoms with E-state index in [4.69, 9.17) is 11.5 Å². The van der Waals surface area contributed by atoms with Gasteiger partial charge < -0.3 is 11.5 Å².